The summed E-state index contributed by atoms with van der Waals surface area (Å²) in [4.78, 5) is 19.3. The summed E-state index contributed by atoms with van der Waals surface area (Å²) < 4.78 is 17.0. The molecule has 10 heteroatoms. The zero-order chi connectivity index (χ0) is 24.1. The van der Waals surface area contributed by atoms with E-state index in [1.807, 2.05) is 25.1 Å². The van der Waals surface area contributed by atoms with E-state index in [0.717, 1.165) is 16.8 Å². The molecule has 0 saturated carbocycles. The molecule has 1 aromatic carbocycles. The van der Waals surface area contributed by atoms with E-state index in [0.29, 0.717) is 68.0 Å². The highest BCUT2D eigenvalue weighted by Gasteiger charge is 2.31. The number of halogens is 1. The predicted octanol–water partition coefficient (Wildman–Crippen LogP) is 2.90. The first-order valence-corrected chi connectivity index (χ1v) is 11.8. The van der Waals surface area contributed by atoms with Crippen LogP contribution in [-0.2, 0) is 20.8 Å². The first kappa shape index (κ1) is 24.4. The van der Waals surface area contributed by atoms with Gasteiger partial charge in [-0.3, -0.25) is 9.78 Å². The Morgan fingerprint density at radius 3 is 3.00 bits per heavy atom. The van der Waals surface area contributed by atoms with Gasteiger partial charge in [0.2, 0.25) is 0 Å². The van der Waals surface area contributed by atoms with Gasteiger partial charge in [0.25, 0.3) is 5.91 Å². The molecule has 8 nitrogen and oxygen atoms in total. The number of anilines is 1. The van der Waals surface area contributed by atoms with Crippen molar-refractivity contribution in [2.75, 3.05) is 37.9 Å². The lowest BCUT2D eigenvalue weighted by Gasteiger charge is -2.32. The number of rotatable bonds is 8. The van der Waals surface area contributed by atoms with E-state index in [-0.39, 0.29) is 17.0 Å². The van der Waals surface area contributed by atoms with E-state index in [1.54, 1.807) is 23.4 Å². The topological polar surface area (TPSA) is 98.9 Å². The Labute approximate surface area is 209 Å². The smallest absolute Gasteiger partial charge is 0.263 e. The van der Waals surface area contributed by atoms with Crippen molar-refractivity contribution < 1.29 is 19.0 Å². The quantitative estimate of drug-likeness (QED) is 0.532. The van der Waals surface area contributed by atoms with Gasteiger partial charge >= 0.3 is 0 Å². The SMILES string of the molecule is Cc1c(Cl)cccc1N1CCC(NCc2ccncc2OCC2COCCO2)=C(C(N)=S)C1=O. The van der Waals surface area contributed by atoms with Crippen molar-refractivity contribution in [3.05, 3.63) is 64.1 Å². The fourth-order valence-corrected chi connectivity index (χ4v) is 4.35. The number of nitrogens with one attached hydrogen (secondary N) is 1. The Hall–Kier alpha value is -2.72. The van der Waals surface area contributed by atoms with Crippen molar-refractivity contribution in [1.82, 2.24) is 10.3 Å². The number of carbonyl (C=O) groups excluding carboxylic acids is 1. The number of aromatic nitrogens is 1. The highest BCUT2D eigenvalue weighted by atomic mass is 35.5. The Kier molecular flexibility index (Phi) is 7.99. The normalized spacial score (nSPS) is 18.7. The third-order valence-electron chi connectivity index (χ3n) is 5.79. The molecule has 1 saturated heterocycles. The van der Waals surface area contributed by atoms with Crippen molar-refractivity contribution in [2.24, 2.45) is 5.73 Å². The second-order valence-electron chi connectivity index (χ2n) is 8.02. The van der Waals surface area contributed by atoms with Gasteiger partial charge < -0.3 is 30.2 Å². The molecule has 0 spiro atoms. The molecule has 4 rings (SSSR count). The molecule has 2 aromatic rings. The Bertz CT molecular complexity index is 1100. The number of nitrogens with zero attached hydrogens (tertiary/aromatic N) is 2. The molecule has 3 heterocycles. The van der Waals surface area contributed by atoms with Gasteiger partial charge in [-0.05, 0) is 30.7 Å². The number of hydrogen-bond acceptors (Lipinski definition) is 7. The highest BCUT2D eigenvalue weighted by Crippen LogP contribution is 2.31. The molecule has 1 unspecified atom stereocenters. The van der Waals surface area contributed by atoms with Crippen LogP contribution >= 0.6 is 23.8 Å². The van der Waals surface area contributed by atoms with Crippen LogP contribution in [0, 0.1) is 6.92 Å². The summed E-state index contributed by atoms with van der Waals surface area (Å²) in [6.45, 7) is 4.82. The van der Waals surface area contributed by atoms with Crippen LogP contribution in [0.15, 0.2) is 47.9 Å². The van der Waals surface area contributed by atoms with Gasteiger partial charge in [-0.15, -0.1) is 0 Å². The van der Waals surface area contributed by atoms with Gasteiger partial charge in [-0.25, -0.2) is 0 Å². The zero-order valence-corrected chi connectivity index (χ0v) is 20.5. The number of pyridine rings is 1. The minimum atomic E-state index is -0.243. The van der Waals surface area contributed by atoms with Crippen LogP contribution in [0.4, 0.5) is 5.69 Å². The second kappa shape index (κ2) is 11.1. The molecular weight excluding hydrogens is 476 g/mol. The number of benzene rings is 1. The molecule has 180 valence electrons. The van der Waals surface area contributed by atoms with E-state index in [9.17, 15) is 4.79 Å². The molecule has 0 bridgehead atoms. The van der Waals surface area contributed by atoms with Gasteiger partial charge in [0.15, 0.2) is 0 Å². The number of ether oxygens (including phenoxy) is 3. The van der Waals surface area contributed by atoms with Crippen LogP contribution in [0.5, 0.6) is 5.75 Å². The fraction of sp³-hybridized carbons (Fsp3) is 0.375. The van der Waals surface area contributed by atoms with E-state index in [1.165, 1.54) is 0 Å². The monoisotopic (exact) mass is 502 g/mol. The molecule has 1 fully saturated rings. The maximum absolute atomic E-state index is 13.4. The number of thiocarbonyl (C=S) groups is 1. The Morgan fingerprint density at radius 2 is 2.24 bits per heavy atom. The lowest BCUT2D eigenvalue weighted by molar-refractivity contribution is -0.115. The van der Waals surface area contributed by atoms with Crippen LogP contribution in [0.2, 0.25) is 5.02 Å². The maximum Gasteiger partial charge on any atom is 0.263 e. The maximum atomic E-state index is 13.4. The van der Waals surface area contributed by atoms with E-state index in [4.69, 9.17) is 43.8 Å². The second-order valence-corrected chi connectivity index (χ2v) is 8.87. The molecule has 3 N–H and O–H groups in total. The first-order valence-electron chi connectivity index (χ1n) is 11.0. The van der Waals surface area contributed by atoms with Crippen molar-refractivity contribution in [2.45, 2.75) is 26.0 Å². The van der Waals surface area contributed by atoms with Gasteiger partial charge in [0, 0.05) is 47.7 Å². The van der Waals surface area contributed by atoms with Crippen LogP contribution in [-0.4, -0.2) is 55.0 Å². The van der Waals surface area contributed by atoms with Crippen LogP contribution in [0.25, 0.3) is 0 Å². The Balaban J connectivity index is 1.49. The summed E-state index contributed by atoms with van der Waals surface area (Å²) in [5.74, 6) is 0.396. The van der Waals surface area contributed by atoms with Crippen molar-refractivity contribution in [3.8, 4) is 5.75 Å². The zero-order valence-electron chi connectivity index (χ0n) is 18.9. The number of hydrogen-bond donors (Lipinski definition) is 2. The van der Waals surface area contributed by atoms with Crippen molar-refractivity contribution >= 4 is 40.4 Å². The van der Waals surface area contributed by atoms with Crippen molar-refractivity contribution in [1.29, 1.82) is 0 Å². The van der Waals surface area contributed by atoms with Gasteiger partial charge in [0.05, 0.1) is 31.6 Å². The molecule has 1 aromatic heterocycles. The fourth-order valence-electron chi connectivity index (χ4n) is 3.97. The molecular formula is C24H27ClN4O4S. The molecule has 0 radical (unpaired) electrons. The third-order valence-corrected chi connectivity index (χ3v) is 6.41. The largest absolute Gasteiger partial charge is 0.489 e. The lowest BCUT2D eigenvalue weighted by Crippen LogP contribution is -2.43. The van der Waals surface area contributed by atoms with Gasteiger partial charge in [-0.2, -0.15) is 0 Å². The minimum Gasteiger partial charge on any atom is -0.489 e. The van der Waals surface area contributed by atoms with Crippen LogP contribution < -0.4 is 20.7 Å². The minimum absolute atomic E-state index is 0.0533. The molecule has 2 aliphatic heterocycles. The molecule has 34 heavy (non-hydrogen) atoms. The van der Waals surface area contributed by atoms with Gasteiger partial charge in [0.1, 0.15) is 23.4 Å². The number of amides is 1. The summed E-state index contributed by atoms with van der Waals surface area (Å²) in [6, 6.07) is 7.36. The summed E-state index contributed by atoms with van der Waals surface area (Å²) in [7, 11) is 0. The number of nitrogens with two attached hydrogens (primary N) is 1. The Morgan fingerprint density at radius 1 is 1.38 bits per heavy atom. The first-order chi connectivity index (χ1) is 16.5. The molecule has 2 aliphatic rings. The average Bonchev–Trinajstić information content (AvgIpc) is 2.84. The van der Waals surface area contributed by atoms with Gasteiger partial charge in [-0.1, -0.05) is 29.9 Å². The molecule has 0 aliphatic carbocycles. The predicted molar refractivity (Wildman–Crippen MR) is 134 cm³/mol. The van der Waals surface area contributed by atoms with Crippen molar-refractivity contribution in [3.63, 3.8) is 0 Å². The van der Waals surface area contributed by atoms with E-state index in [2.05, 4.69) is 10.3 Å². The summed E-state index contributed by atoms with van der Waals surface area (Å²) in [5, 5.41) is 3.95. The molecule has 1 amide bonds. The summed E-state index contributed by atoms with van der Waals surface area (Å²) in [6.07, 6.45) is 3.82. The van der Waals surface area contributed by atoms with E-state index < -0.39 is 0 Å². The summed E-state index contributed by atoms with van der Waals surface area (Å²) >= 11 is 11.5. The standard InChI is InChI=1S/C24H27ClN4O4S/c1-15-18(25)3-2-4-20(15)29-8-6-19(22(23(26)34)24(29)30)28-11-16-5-7-27-12-21(16)33-14-17-13-31-9-10-32-17/h2-5,7,12,17,28H,6,8-11,13-14H2,1H3,(H2,26,34). The van der Waals surface area contributed by atoms with Crippen LogP contribution in [0.3, 0.4) is 0 Å². The summed E-state index contributed by atoms with van der Waals surface area (Å²) in [5.41, 5.74) is 9.48. The molecule has 1 atom stereocenters. The highest BCUT2D eigenvalue weighted by molar-refractivity contribution is 7.80. The lowest BCUT2D eigenvalue weighted by atomic mass is 10.0. The third kappa shape index (κ3) is 5.50. The van der Waals surface area contributed by atoms with E-state index >= 15 is 0 Å². The average molecular weight is 503 g/mol. The van der Waals surface area contributed by atoms with Crippen LogP contribution in [0.1, 0.15) is 17.5 Å². The number of carbonyl (C=O) groups is 1.